The second-order valence-electron chi connectivity index (χ2n) is 5.27. The highest BCUT2D eigenvalue weighted by Crippen LogP contribution is 2.31. The van der Waals surface area contributed by atoms with E-state index in [0.29, 0.717) is 5.56 Å². The largest absolute Gasteiger partial charge is 0.478 e. The van der Waals surface area contributed by atoms with Crippen molar-refractivity contribution in [3.8, 4) is 0 Å². The molecule has 0 amide bonds. The topological polar surface area (TPSA) is 50.2 Å². The molecule has 0 saturated heterocycles. The van der Waals surface area contributed by atoms with Crippen LogP contribution in [-0.4, -0.2) is 16.1 Å². The van der Waals surface area contributed by atoms with Crippen molar-refractivity contribution in [1.29, 1.82) is 0 Å². The number of nitrogens with zero attached hydrogens (tertiary/aromatic N) is 1. The van der Waals surface area contributed by atoms with Gasteiger partial charge < -0.3 is 5.11 Å². The molecule has 1 aromatic heterocycles. The summed E-state index contributed by atoms with van der Waals surface area (Å²) in [5.74, 6) is -0.840. The molecule has 0 atom stereocenters. The van der Waals surface area contributed by atoms with E-state index in [1.165, 1.54) is 12.8 Å². The number of carboxylic acid groups (broad SMARTS) is 1. The summed E-state index contributed by atoms with van der Waals surface area (Å²) in [7, 11) is 0. The number of carboxylic acids is 1. The van der Waals surface area contributed by atoms with Gasteiger partial charge in [0.05, 0.1) is 11.1 Å². The molecule has 0 spiro atoms. The summed E-state index contributed by atoms with van der Waals surface area (Å²) in [6, 6.07) is 5.64. The van der Waals surface area contributed by atoms with Crippen molar-refractivity contribution in [2.45, 2.75) is 38.5 Å². The zero-order valence-electron chi connectivity index (χ0n) is 11.2. The number of aromatic nitrogens is 1. The van der Waals surface area contributed by atoms with Crippen molar-refractivity contribution >= 4 is 32.8 Å². The minimum absolute atomic E-state index is 0.452. The van der Waals surface area contributed by atoms with Crippen molar-refractivity contribution in [3.05, 3.63) is 39.5 Å². The molecule has 1 aliphatic carbocycles. The summed E-state index contributed by atoms with van der Waals surface area (Å²) in [6.45, 7) is 0. The van der Waals surface area contributed by atoms with E-state index in [1.54, 1.807) is 0 Å². The molecule has 0 fully saturated rings. The number of hydrogen-bond acceptors (Lipinski definition) is 2. The molecule has 0 radical (unpaired) electrons. The van der Waals surface area contributed by atoms with Crippen LogP contribution in [0.5, 0.6) is 0 Å². The van der Waals surface area contributed by atoms with E-state index in [1.807, 2.05) is 18.2 Å². The molecule has 1 aliphatic rings. The average molecular weight is 334 g/mol. The zero-order chi connectivity index (χ0) is 14.1. The number of para-hydroxylation sites is 1. The first kappa shape index (κ1) is 13.6. The first-order chi connectivity index (χ1) is 9.68. The third kappa shape index (κ3) is 2.33. The predicted molar refractivity (Wildman–Crippen MR) is 82.3 cm³/mol. The lowest BCUT2D eigenvalue weighted by Gasteiger charge is -2.17. The Hall–Kier alpha value is -1.42. The Balaban J connectivity index is 2.34. The molecule has 3 nitrogen and oxygen atoms in total. The minimum atomic E-state index is -0.840. The molecule has 3 rings (SSSR count). The number of benzene rings is 1. The number of aryl methyl sites for hydroxylation is 1. The van der Waals surface area contributed by atoms with Gasteiger partial charge in [-0.15, -0.1) is 0 Å². The van der Waals surface area contributed by atoms with Crippen molar-refractivity contribution < 1.29 is 9.90 Å². The van der Waals surface area contributed by atoms with Gasteiger partial charge in [-0.05, 0) is 53.2 Å². The van der Waals surface area contributed by atoms with Crippen LogP contribution in [0, 0.1) is 0 Å². The summed E-state index contributed by atoms with van der Waals surface area (Å²) in [5, 5.41) is 10.4. The molecular formula is C16H16BrNO2. The van der Waals surface area contributed by atoms with Crippen LogP contribution in [0.3, 0.4) is 0 Å². The van der Waals surface area contributed by atoms with E-state index in [9.17, 15) is 9.90 Å². The molecule has 2 aromatic rings. The molecule has 1 aromatic carbocycles. The first-order valence-corrected chi connectivity index (χ1v) is 7.81. The van der Waals surface area contributed by atoms with E-state index in [0.717, 1.165) is 52.3 Å². The lowest BCUT2D eigenvalue weighted by molar-refractivity contribution is 0.0697. The highest BCUT2D eigenvalue weighted by molar-refractivity contribution is 9.10. The Bertz CT molecular complexity index is 682. The van der Waals surface area contributed by atoms with Crippen LogP contribution in [0.4, 0.5) is 0 Å². The van der Waals surface area contributed by atoms with Crippen molar-refractivity contribution in [1.82, 2.24) is 4.98 Å². The summed E-state index contributed by atoms with van der Waals surface area (Å²) in [4.78, 5) is 16.5. The second kappa shape index (κ2) is 5.52. The molecular weight excluding hydrogens is 318 g/mol. The fraction of sp³-hybridized carbons (Fsp3) is 0.375. The van der Waals surface area contributed by atoms with Gasteiger partial charge in [0, 0.05) is 15.6 Å². The van der Waals surface area contributed by atoms with Gasteiger partial charge in [-0.25, -0.2) is 4.79 Å². The number of halogens is 1. The van der Waals surface area contributed by atoms with Crippen LogP contribution in [-0.2, 0) is 12.8 Å². The number of aromatic carboxylic acids is 1. The van der Waals surface area contributed by atoms with E-state index < -0.39 is 5.97 Å². The highest BCUT2D eigenvalue weighted by atomic mass is 79.9. The van der Waals surface area contributed by atoms with Crippen molar-refractivity contribution in [2.75, 3.05) is 0 Å². The molecule has 0 bridgehead atoms. The Morgan fingerprint density at radius 2 is 1.90 bits per heavy atom. The zero-order valence-corrected chi connectivity index (χ0v) is 12.7. The smallest absolute Gasteiger partial charge is 0.336 e. The number of fused-ring (bicyclic) bond motifs is 2. The van der Waals surface area contributed by atoms with Crippen LogP contribution in [0.25, 0.3) is 10.9 Å². The van der Waals surface area contributed by atoms with Gasteiger partial charge in [0.1, 0.15) is 0 Å². The van der Waals surface area contributed by atoms with E-state index in [2.05, 4.69) is 15.9 Å². The highest BCUT2D eigenvalue weighted by Gasteiger charge is 2.21. The van der Waals surface area contributed by atoms with Crippen molar-refractivity contribution in [2.24, 2.45) is 0 Å². The van der Waals surface area contributed by atoms with Gasteiger partial charge in [-0.2, -0.15) is 0 Å². The fourth-order valence-corrected chi connectivity index (χ4v) is 3.46. The molecule has 20 heavy (non-hydrogen) atoms. The molecule has 0 saturated carbocycles. The molecule has 104 valence electrons. The maximum Gasteiger partial charge on any atom is 0.336 e. The number of rotatable bonds is 1. The van der Waals surface area contributed by atoms with Crippen LogP contribution in [0.1, 0.15) is 47.3 Å². The number of pyridine rings is 1. The predicted octanol–water partition coefficient (Wildman–Crippen LogP) is 4.35. The molecule has 0 aliphatic heterocycles. The average Bonchev–Trinajstić information content (AvgIpc) is 2.38. The quantitative estimate of drug-likeness (QED) is 0.843. The van der Waals surface area contributed by atoms with E-state index in [4.69, 9.17) is 4.98 Å². The summed E-state index contributed by atoms with van der Waals surface area (Å²) >= 11 is 3.49. The fourth-order valence-electron chi connectivity index (χ4n) is 3.01. The third-order valence-electron chi connectivity index (χ3n) is 3.96. The normalized spacial score (nSPS) is 15.4. The van der Waals surface area contributed by atoms with E-state index >= 15 is 0 Å². The van der Waals surface area contributed by atoms with Gasteiger partial charge >= 0.3 is 5.97 Å². The Morgan fingerprint density at radius 1 is 1.15 bits per heavy atom. The van der Waals surface area contributed by atoms with Gasteiger partial charge in [0.2, 0.25) is 0 Å². The maximum absolute atomic E-state index is 11.8. The minimum Gasteiger partial charge on any atom is -0.478 e. The first-order valence-electron chi connectivity index (χ1n) is 7.02. The Morgan fingerprint density at radius 3 is 2.65 bits per heavy atom. The summed E-state index contributed by atoms with van der Waals surface area (Å²) in [6.07, 6.45) is 6.23. The van der Waals surface area contributed by atoms with Gasteiger partial charge in [-0.1, -0.05) is 25.0 Å². The maximum atomic E-state index is 11.8. The lowest BCUT2D eigenvalue weighted by Crippen LogP contribution is -2.11. The Kier molecular flexibility index (Phi) is 3.74. The molecule has 0 unspecified atom stereocenters. The summed E-state index contributed by atoms with van der Waals surface area (Å²) in [5.41, 5.74) is 3.14. The monoisotopic (exact) mass is 333 g/mol. The second-order valence-corrected chi connectivity index (χ2v) is 6.12. The molecule has 1 N–H and O–H groups in total. The van der Waals surface area contributed by atoms with Gasteiger partial charge in [0.15, 0.2) is 0 Å². The van der Waals surface area contributed by atoms with E-state index in [-0.39, 0.29) is 0 Å². The summed E-state index contributed by atoms with van der Waals surface area (Å²) < 4.78 is 0.863. The van der Waals surface area contributed by atoms with Gasteiger partial charge in [-0.3, -0.25) is 4.98 Å². The number of hydrogen-bond donors (Lipinski definition) is 1. The van der Waals surface area contributed by atoms with Gasteiger partial charge in [0.25, 0.3) is 0 Å². The van der Waals surface area contributed by atoms with Crippen LogP contribution >= 0.6 is 15.9 Å². The van der Waals surface area contributed by atoms with Crippen LogP contribution in [0.2, 0.25) is 0 Å². The van der Waals surface area contributed by atoms with Crippen molar-refractivity contribution in [3.63, 3.8) is 0 Å². The Labute approximate surface area is 126 Å². The SMILES string of the molecule is O=C(O)c1c2c(nc3c(Br)cccc13)CCCCCC2. The molecule has 4 heteroatoms. The van der Waals surface area contributed by atoms with Crippen LogP contribution in [0.15, 0.2) is 22.7 Å². The number of carbonyl (C=O) groups is 1. The lowest BCUT2D eigenvalue weighted by atomic mass is 9.91. The van der Waals surface area contributed by atoms with Crippen LogP contribution < -0.4 is 0 Å². The molecule has 1 heterocycles. The standard InChI is InChI=1S/C16H16BrNO2/c17-12-8-5-7-11-14(16(19)20)10-6-3-1-2-4-9-13(10)18-15(11)12/h5,7-8H,1-4,6,9H2,(H,19,20). The third-order valence-corrected chi connectivity index (χ3v) is 4.60.